The highest BCUT2D eigenvalue weighted by Crippen LogP contribution is 2.38. The van der Waals surface area contributed by atoms with Crippen molar-refractivity contribution < 1.29 is 14.2 Å². The van der Waals surface area contributed by atoms with E-state index in [-0.39, 0.29) is 11.3 Å². The molecule has 0 aliphatic heterocycles. The van der Waals surface area contributed by atoms with Crippen LogP contribution in [0.3, 0.4) is 0 Å². The number of hydrogen-bond donors (Lipinski definition) is 0. The third-order valence-electron chi connectivity index (χ3n) is 4.18. The Labute approximate surface area is 178 Å². The summed E-state index contributed by atoms with van der Waals surface area (Å²) in [5.41, 5.74) is 1.64. The van der Waals surface area contributed by atoms with Gasteiger partial charge in [-0.05, 0) is 30.9 Å². The lowest BCUT2D eigenvalue weighted by atomic mass is 10.2. The first-order valence-electron chi connectivity index (χ1n) is 9.04. The van der Waals surface area contributed by atoms with E-state index >= 15 is 0 Å². The minimum atomic E-state index is -0.327. The summed E-state index contributed by atoms with van der Waals surface area (Å²) in [6.07, 6.45) is 3.34. The summed E-state index contributed by atoms with van der Waals surface area (Å²) in [7, 11) is 3.11. The van der Waals surface area contributed by atoms with Crippen LogP contribution >= 0.6 is 11.8 Å². The number of nitrogens with zero attached hydrogens (tertiary/aromatic N) is 4. The molecule has 1 heterocycles. The summed E-state index contributed by atoms with van der Waals surface area (Å²) < 4.78 is 18.2. The lowest BCUT2D eigenvalue weighted by Crippen LogP contribution is -2.23. The Morgan fingerprint density at radius 3 is 2.37 bits per heavy atom. The molecule has 30 heavy (non-hydrogen) atoms. The lowest BCUT2D eigenvalue weighted by molar-refractivity contribution is 0.266. The van der Waals surface area contributed by atoms with E-state index in [9.17, 15) is 4.79 Å². The zero-order valence-electron chi connectivity index (χ0n) is 17.2. The van der Waals surface area contributed by atoms with Gasteiger partial charge in [-0.1, -0.05) is 42.1 Å². The van der Waals surface area contributed by atoms with Crippen LogP contribution in [0.1, 0.15) is 16.8 Å². The van der Waals surface area contributed by atoms with Gasteiger partial charge in [-0.2, -0.15) is 9.78 Å². The van der Waals surface area contributed by atoms with Crippen molar-refractivity contribution in [2.24, 2.45) is 5.10 Å². The number of benzene rings is 2. The first-order chi connectivity index (χ1) is 14.6. The molecule has 0 saturated heterocycles. The van der Waals surface area contributed by atoms with Gasteiger partial charge < -0.3 is 14.2 Å². The number of aromatic nitrogens is 3. The monoisotopic (exact) mass is 426 g/mol. The molecule has 8 nitrogen and oxygen atoms in total. The number of thioether (sulfide) groups is 1. The van der Waals surface area contributed by atoms with Crippen molar-refractivity contribution in [2.75, 3.05) is 20.5 Å². The van der Waals surface area contributed by atoms with E-state index in [1.807, 2.05) is 30.3 Å². The Hall–Kier alpha value is -3.33. The molecule has 0 amide bonds. The fraction of sp³-hybridized carbons (Fsp3) is 0.238. The minimum absolute atomic E-state index is 0.268. The molecule has 0 aliphatic rings. The Morgan fingerprint density at radius 1 is 1.10 bits per heavy atom. The molecule has 0 fully saturated rings. The Bertz CT molecular complexity index is 1070. The van der Waals surface area contributed by atoms with Gasteiger partial charge in [0.1, 0.15) is 12.3 Å². The summed E-state index contributed by atoms with van der Waals surface area (Å²) in [5, 5.41) is 12.5. The third-order valence-corrected chi connectivity index (χ3v) is 4.80. The van der Waals surface area contributed by atoms with Gasteiger partial charge in [0.15, 0.2) is 11.5 Å². The van der Waals surface area contributed by atoms with Crippen molar-refractivity contribution in [1.29, 1.82) is 0 Å². The molecular formula is C21H22N4O4S. The maximum atomic E-state index is 12.4. The van der Waals surface area contributed by atoms with E-state index in [0.29, 0.717) is 34.6 Å². The normalized spacial score (nSPS) is 10.9. The number of hydrogen-bond acceptors (Lipinski definition) is 8. The Kier molecular flexibility index (Phi) is 7.08. The highest BCUT2D eigenvalue weighted by atomic mass is 32.2. The second kappa shape index (κ2) is 9.93. The zero-order chi connectivity index (χ0) is 21.5. The van der Waals surface area contributed by atoms with Crippen LogP contribution in [-0.4, -0.2) is 41.6 Å². The van der Waals surface area contributed by atoms with Crippen molar-refractivity contribution in [3.63, 3.8) is 0 Å². The highest BCUT2D eigenvalue weighted by molar-refractivity contribution is 7.98. The van der Waals surface area contributed by atoms with Crippen LogP contribution in [0.2, 0.25) is 0 Å². The molecule has 0 atom stereocenters. The molecule has 0 unspecified atom stereocenters. The van der Waals surface area contributed by atoms with Gasteiger partial charge in [0.2, 0.25) is 10.9 Å². The van der Waals surface area contributed by atoms with Crippen LogP contribution in [0.5, 0.6) is 17.2 Å². The van der Waals surface area contributed by atoms with E-state index in [4.69, 9.17) is 14.2 Å². The van der Waals surface area contributed by atoms with Gasteiger partial charge in [-0.15, -0.1) is 10.2 Å². The van der Waals surface area contributed by atoms with Gasteiger partial charge in [0, 0.05) is 5.56 Å². The fourth-order valence-electron chi connectivity index (χ4n) is 2.64. The van der Waals surface area contributed by atoms with Crippen LogP contribution in [0.4, 0.5) is 0 Å². The molecule has 9 heteroatoms. The smallest absolute Gasteiger partial charge is 0.296 e. The molecule has 3 rings (SSSR count). The maximum absolute atomic E-state index is 12.4. The molecule has 0 spiro atoms. The van der Waals surface area contributed by atoms with Crippen LogP contribution in [-0.2, 0) is 6.61 Å². The molecule has 1 aromatic heterocycles. The number of ether oxygens (including phenoxy) is 3. The van der Waals surface area contributed by atoms with Crippen molar-refractivity contribution >= 4 is 18.0 Å². The van der Waals surface area contributed by atoms with Crippen LogP contribution in [0, 0.1) is 6.92 Å². The average Bonchev–Trinajstić information content (AvgIpc) is 2.78. The third kappa shape index (κ3) is 4.80. The molecule has 0 N–H and O–H groups in total. The molecule has 0 aliphatic carbocycles. The lowest BCUT2D eigenvalue weighted by Gasteiger charge is -2.15. The highest BCUT2D eigenvalue weighted by Gasteiger charge is 2.14. The van der Waals surface area contributed by atoms with Crippen LogP contribution in [0.15, 0.2) is 57.5 Å². The molecule has 156 valence electrons. The van der Waals surface area contributed by atoms with Gasteiger partial charge in [-0.25, -0.2) is 0 Å². The standard InChI is InChI=1S/C21H22N4O4S/c1-14-20(26)25(21(30-4)24-23-14)22-12-16-10-17(27-2)19(18(11-16)28-3)29-13-15-8-6-5-7-9-15/h5-12H,13H2,1-4H3/b22-12-. The molecular weight excluding hydrogens is 404 g/mol. The summed E-state index contributed by atoms with van der Waals surface area (Å²) >= 11 is 1.28. The first-order valence-corrected chi connectivity index (χ1v) is 10.3. The number of rotatable bonds is 8. The second-order valence-electron chi connectivity index (χ2n) is 6.16. The summed E-state index contributed by atoms with van der Waals surface area (Å²) in [6, 6.07) is 13.3. The van der Waals surface area contributed by atoms with Gasteiger partial charge in [-0.3, -0.25) is 4.79 Å². The SMILES string of the molecule is COc1cc(/C=N\n2c(SC)nnc(C)c2=O)cc(OC)c1OCc1ccccc1. The van der Waals surface area contributed by atoms with Crippen molar-refractivity contribution in [2.45, 2.75) is 18.7 Å². The van der Waals surface area contributed by atoms with Gasteiger partial charge in [0.25, 0.3) is 5.56 Å². The van der Waals surface area contributed by atoms with E-state index in [0.717, 1.165) is 5.56 Å². The van der Waals surface area contributed by atoms with Gasteiger partial charge in [0.05, 0.1) is 20.4 Å². The van der Waals surface area contributed by atoms with Crippen LogP contribution in [0.25, 0.3) is 0 Å². The first kappa shape index (κ1) is 21.4. The summed E-state index contributed by atoms with van der Waals surface area (Å²) in [4.78, 5) is 12.4. The minimum Gasteiger partial charge on any atom is -0.493 e. The van der Waals surface area contributed by atoms with Crippen molar-refractivity contribution in [3.8, 4) is 17.2 Å². The molecule has 0 radical (unpaired) electrons. The predicted molar refractivity (Wildman–Crippen MR) is 116 cm³/mol. The van der Waals surface area contributed by atoms with E-state index in [2.05, 4.69) is 15.3 Å². The predicted octanol–water partition coefficient (Wildman–Crippen LogP) is 3.15. The number of aryl methyl sites for hydroxylation is 1. The number of methoxy groups -OCH3 is 2. The van der Waals surface area contributed by atoms with E-state index in [1.54, 1.807) is 39.5 Å². The van der Waals surface area contributed by atoms with E-state index < -0.39 is 0 Å². The molecule has 0 saturated carbocycles. The molecule has 2 aromatic carbocycles. The fourth-order valence-corrected chi connectivity index (χ4v) is 3.07. The van der Waals surface area contributed by atoms with Crippen molar-refractivity contribution in [3.05, 3.63) is 69.6 Å². The molecule has 0 bridgehead atoms. The summed E-state index contributed by atoms with van der Waals surface area (Å²) in [5.74, 6) is 1.48. The Morgan fingerprint density at radius 2 is 1.77 bits per heavy atom. The quantitative estimate of drug-likeness (QED) is 0.404. The zero-order valence-corrected chi connectivity index (χ0v) is 18.0. The Balaban J connectivity index is 1.93. The topological polar surface area (TPSA) is 87.8 Å². The molecule has 3 aromatic rings. The average molecular weight is 426 g/mol. The maximum Gasteiger partial charge on any atom is 0.296 e. The van der Waals surface area contributed by atoms with Crippen molar-refractivity contribution in [1.82, 2.24) is 14.9 Å². The van der Waals surface area contributed by atoms with E-state index in [1.165, 1.54) is 22.7 Å². The van der Waals surface area contributed by atoms with Crippen LogP contribution < -0.4 is 19.8 Å². The largest absolute Gasteiger partial charge is 0.493 e. The second-order valence-corrected chi connectivity index (χ2v) is 6.94. The van der Waals surface area contributed by atoms with Gasteiger partial charge >= 0.3 is 0 Å². The summed E-state index contributed by atoms with van der Waals surface area (Å²) in [6.45, 7) is 1.96.